The number of alkyl halides is 3. The molecule has 0 aliphatic carbocycles. The molecule has 0 aliphatic heterocycles. The van der Waals surface area contributed by atoms with Crippen LogP contribution in [0.15, 0.2) is 60.7 Å². The molecule has 0 spiro atoms. The summed E-state index contributed by atoms with van der Waals surface area (Å²) in [5.41, 5.74) is 0.343. The third kappa shape index (κ3) is 3.40. The van der Waals surface area contributed by atoms with Gasteiger partial charge in [0.2, 0.25) is 0 Å². The fraction of sp³-hybridized carbons (Fsp3) is 0.0556. The largest absolute Gasteiger partial charge is 0.416 e. The standard InChI is InChI=1S/C18H10Cl2F3N/c19-14-7-3-1-5-12(14)16-9-11(18(21,22)23)10-17(24-16)13-6-2-4-8-15(13)20/h1-10H. The van der Waals surface area contributed by atoms with E-state index in [4.69, 9.17) is 23.2 Å². The van der Waals surface area contributed by atoms with Gasteiger partial charge in [0.1, 0.15) is 0 Å². The summed E-state index contributed by atoms with van der Waals surface area (Å²) in [6, 6.07) is 15.2. The highest BCUT2D eigenvalue weighted by Crippen LogP contribution is 2.37. The molecule has 0 atom stereocenters. The zero-order valence-corrected chi connectivity index (χ0v) is 13.6. The Labute approximate surface area is 146 Å². The fourth-order valence-electron chi connectivity index (χ4n) is 2.31. The van der Waals surface area contributed by atoms with Crippen LogP contribution in [0.3, 0.4) is 0 Å². The van der Waals surface area contributed by atoms with Gasteiger partial charge < -0.3 is 0 Å². The maximum Gasteiger partial charge on any atom is 0.416 e. The van der Waals surface area contributed by atoms with E-state index in [1.54, 1.807) is 48.5 Å². The van der Waals surface area contributed by atoms with Crippen LogP contribution >= 0.6 is 23.2 Å². The highest BCUT2D eigenvalue weighted by molar-refractivity contribution is 6.33. The van der Waals surface area contributed by atoms with Gasteiger partial charge in [-0.3, -0.25) is 0 Å². The number of pyridine rings is 1. The molecule has 122 valence electrons. The van der Waals surface area contributed by atoms with E-state index in [-0.39, 0.29) is 11.4 Å². The molecule has 0 amide bonds. The monoisotopic (exact) mass is 367 g/mol. The Bertz CT molecular complexity index is 828. The van der Waals surface area contributed by atoms with Crippen molar-refractivity contribution in [3.63, 3.8) is 0 Å². The van der Waals surface area contributed by atoms with E-state index >= 15 is 0 Å². The zero-order chi connectivity index (χ0) is 17.3. The second kappa shape index (κ2) is 6.46. The first kappa shape index (κ1) is 16.8. The Kier molecular flexibility index (Phi) is 4.52. The molecular formula is C18H10Cl2F3N. The molecule has 0 N–H and O–H groups in total. The van der Waals surface area contributed by atoms with Gasteiger partial charge in [0.25, 0.3) is 0 Å². The van der Waals surface area contributed by atoms with Crippen LogP contribution < -0.4 is 0 Å². The average Bonchev–Trinajstić information content (AvgIpc) is 2.54. The molecule has 1 aromatic heterocycles. The molecule has 6 heteroatoms. The molecule has 1 nitrogen and oxygen atoms in total. The Morgan fingerprint density at radius 2 is 1.12 bits per heavy atom. The Morgan fingerprint density at radius 1 is 0.708 bits per heavy atom. The molecule has 0 fully saturated rings. The smallest absolute Gasteiger partial charge is 0.248 e. The second-order valence-corrected chi connectivity index (χ2v) is 5.90. The normalized spacial score (nSPS) is 11.5. The zero-order valence-electron chi connectivity index (χ0n) is 12.1. The highest BCUT2D eigenvalue weighted by Gasteiger charge is 2.32. The van der Waals surface area contributed by atoms with Gasteiger partial charge in [-0.05, 0) is 24.3 Å². The molecule has 3 aromatic rings. The van der Waals surface area contributed by atoms with E-state index in [1.807, 2.05) is 0 Å². The summed E-state index contributed by atoms with van der Waals surface area (Å²) in [4.78, 5) is 4.34. The molecule has 0 aliphatic rings. The van der Waals surface area contributed by atoms with Crippen molar-refractivity contribution in [1.82, 2.24) is 4.98 Å². The van der Waals surface area contributed by atoms with Crippen LogP contribution in [-0.2, 0) is 6.18 Å². The SMILES string of the molecule is FC(F)(F)c1cc(-c2ccccc2Cl)nc(-c2ccccc2Cl)c1. The predicted molar refractivity (Wildman–Crippen MR) is 90.1 cm³/mol. The van der Waals surface area contributed by atoms with Crippen LogP contribution in [0.2, 0.25) is 10.0 Å². The summed E-state index contributed by atoms with van der Waals surface area (Å²) >= 11 is 12.2. The van der Waals surface area contributed by atoms with E-state index in [0.717, 1.165) is 12.1 Å². The number of hydrogen-bond donors (Lipinski definition) is 0. The molecule has 0 unspecified atom stereocenters. The minimum absolute atomic E-state index is 0.144. The number of halogens is 5. The van der Waals surface area contributed by atoms with Gasteiger partial charge >= 0.3 is 6.18 Å². The van der Waals surface area contributed by atoms with Crippen LogP contribution in [0, 0.1) is 0 Å². The second-order valence-electron chi connectivity index (χ2n) is 5.08. The van der Waals surface area contributed by atoms with E-state index < -0.39 is 11.7 Å². The van der Waals surface area contributed by atoms with Gasteiger partial charge in [-0.25, -0.2) is 4.98 Å². The van der Waals surface area contributed by atoms with Crippen molar-refractivity contribution in [2.75, 3.05) is 0 Å². The van der Waals surface area contributed by atoms with Crippen molar-refractivity contribution in [2.45, 2.75) is 6.18 Å². The fourth-order valence-corrected chi connectivity index (χ4v) is 2.77. The predicted octanol–water partition coefficient (Wildman–Crippen LogP) is 6.74. The minimum Gasteiger partial charge on any atom is -0.248 e. The molecule has 0 saturated carbocycles. The molecule has 24 heavy (non-hydrogen) atoms. The third-order valence-corrected chi connectivity index (χ3v) is 4.11. The Hall–Kier alpha value is -2.04. The van der Waals surface area contributed by atoms with Crippen molar-refractivity contribution in [3.8, 4) is 22.5 Å². The van der Waals surface area contributed by atoms with Crippen LogP contribution in [0.4, 0.5) is 13.2 Å². The van der Waals surface area contributed by atoms with Crippen LogP contribution in [-0.4, -0.2) is 4.98 Å². The molecule has 2 aromatic carbocycles. The molecule has 0 saturated heterocycles. The Morgan fingerprint density at radius 3 is 1.50 bits per heavy atom. The molecule has 0 radical (unpaired) electrons. The van der Waals surface area contributed by atoms with E-state index in [1.165, 1.54) is 0 Å². The lowest BCUT2D eigenvalue weighted by Gasteiger charge is -2.13. The summed E-state index contributed by atoms with van der Waals surface area (Å²) in [6.07, 6.45) is -4.51. The van der Waals surface area contributed by atoms with E-state index in [0.29, 0.717) is 21.2 Å². The summed E-state index contributed by atoms with van der Waals surface area (Å²) in [5.74, 6) is 0. The van der Waals surface area contributed by atoms with Crippen molar-refractivity contribution in [1.29, 1.82) is 0 Å². The van der Waals surface area contributed by atoms with Gasteiger partial charge in [-0.15, -0.1) is 0 Å². The lowest BCUT2D eigenvalue weighted by atomic mass is 10.0. The average molecular weight is 368 g/mol. The van der Waals surface area contributed by atoms with Gasteiger partial charge in [0, 0.05) is 21.2 Å². The first-order valence-electron chi connectivity index (χ1n) is 6.95. The van der Waals surface area contributed by atoms with Crippen molar-refractivity contribution in [3.05, 3.63) is 76.3 Å². The lowest BCUT2D eigenvalue weighted by Crippen LogP contribution is -2.06. The van der Waals surface area contributed by atoms with Gasteiger partial charge in [0.05, 0.1) is 17.0 Å². The number of hydrogen-bond acceptors (Lipinski definition) is 1. The van der Waals surface area contributed by atoms with Crippen molar-refractivity contribution >= 4 is 23.2 Å². The maximum atomic E-state index is 13.3. The van der Waals surface area contributed by atoms with Gasteiger partial charge in [-0.1, -0.05) is 59.6 Å². The summed E-state index contributed by atoms with van der Waals surface area (Å²) in [7, 11) is 0. The van der Waals surface area contributed by atoms with Crippen LogP contribution in [0.25, 0.3) is 22.5 Å². The first-order valence-corrected chi connectivity index (χ1v) is 7.71. The number of rotatable bonds is 2. The van der Waals surface area contributed by atoms with Crippen molar-refractivity contribution in [2.24, 2.45) is 0 Å². The van der Waals surface area contributed by atoms with E-state index in [9.17, 15) is 13.2 Å². The minimum atomic E-state index is -4.51. The lowest BCUT2D eigenvalue weighted by molar-refractivity contribution is -0.137. The van der Waals surface area contributed by atoms with E-state index in [2.05, 4.69) is 4.98 Å². The topological polar surface area (TPSA) is 12.9 Å². The quantitative estimate of drug-likeness (QED) is 0.488. The maximum absolute atomic E-state index is 13.3. The summed E-state index contributed by atoms with van der Waals surface area (Å²) < 4.78 is 39.9. The highest BCUT2D eigenvalue weighted by atomic mass is 35.5. The molecule has 1 heterocycles. The molecular weight excluding hydrogens is 358 g/mol. The molecule has 0 bridgehead atoms. The van der Waals surface area contributed by atoms with Crippen molar-refractivity contribution < 1.29 is 13.2 Å². The Balaban J connectivity index is 2.26. The third-order valence-electron chi connectivity index (χ3n) is 3.45. The molecule has 3 rings (SSSR count). The number of benzene rings is 2. The summed E-state index contributed by atoms with van der Waals surface area (Å²) in [6.45, 7) is 0. The van der Waals surface area contributed by atoms with Crippen LogP contribution in [0.5, 0.6) is 0 Å². The first-order chi connectivity index (χ1) is 11.4. The van der Waals surface area contributed by atoms with Crippen LogP contribution in [0.1, 0.15) is 5.56 Å². The number of nitrogens with zero attached hydrogens (tertiary/aromatic N) is 1. The van der Waals surface area contributed by atoms with Gasteiger partial charge in [0.15, 0.2) is 0 Å². The summed E-state index contributed by atoms with van der Waals surface area (Å²) in [5, 5.41) is 0.656. The van der Waals surface area contributed by atoms with Gasteiger partial charge in [-0.2, -0.15) is 13.2 Å². The number of aromatic nitrogens is 1.